The van der Waals surface area contributed by atoms with Crippen molar-refractivity contribution < 1.29 is 35.5 Å². The molecule has 0 saturated carbocycles. The van der Waals surface area contributed by atoms with Gasteiger partial charge in [0, 0.05) is 23.1 Å². The average Bonchev–Trinajstić information content (AvgIpc) is 2.81. The summed E-state index contributed by atoms with van der Waals surface area (Å²) in [4.78, 5) is 0. The molecular formula is C27H13F7O. The Balaban J connectivity index is 2.06. The molecule has 0 saturated heterocycles. The van der Waals surface area contributed by atoms with Crippen LogP contribution in [0.5, 0.6) is 5.75 Å². The van der Waals surface area contributed by atoms with E-state index in [2.05, 4.69) is 0 Å². The van der Waals surface area contributed by atoms with Gasteiger partial charge >= 0.3 is 0 Å². The van der Waals surface area contributed by atoms with Crippen LogP contribution in [0.1, 0.15) is 0 Å². The summed E-state index contributed by atoms with van der Waals surface area (Å²) in [6.07, 6.45) is 0. The molecule has 5 aromatic rings. The highest BCUT2D eigenvalue weighted by molar-refractivity contribution is 6.21. The van der Waals surface area contributed by atoms with E-state index in [0.717, 1.165) is 36.4 Å². The van der Waals surface area contributed by atoms with Gasteiger partial charge in [-0.05, 0) is 57.6 Å². The lowest BCUT2D eigenvalue weighted by Gasteiger charge is -2.19. The third kappa shape index (κ3) is 3.56. The molecule has 0 radical (unpaired) electrons. The molecule has 0 heterocycles. The highest BCUT2D eigenvalue weighted by atomic mass is 19.2. The zero-order valence-corrected chi connectivity index (χ0v) is 17.8. The van der Waals surface area contributed by atoms with Crippen molar-refractivity contribution in [3.63, 3.8) is 0 Å². The largest absolute Gasteiger partial charge is 0.497 e. The van der Waals surface area contributed by atoms with E-state index < -0.39 is 46.3 Å². The van der Waals surface area contributed by atoms with Crippen LogP contribution in [0, 0.1) is 40.7 Å². The number of methoxy groups -OCH3 is 1. The Labute approximate surface area is 194 Å². The number of hydrogen-bond donors (Lipinski definition) is 0. The molecule has 0 unspecified atom stereocenters. The number of benzene rings is 5. The van der Waals surface area contributed by atoms with Gasteiger partial charge in [0.2, 0.25) is 0 Å². The maximum Gasteiger partial charge on any atom is 0.159 e. The number of rotatable bonds is 3. The summed E-state index contributed by atoms with van der Waals surface area (Å²) in [7, 11) is 1.20. The van der Waals surface area contributed by atoms with Crippen LogP contribution in [0.4, 0.5) is 30.7 Å². The monoisotopic (exact) mass is 486 g/mol. The van der Waals surface area contributed by atoms with Gasteiger partial charge in [-0.3, -0.25) is 0 Å². The molecule has 0 fully saturated rings. The summed E-state index contributed by atoms with van der Waals surface area (Å²) in [5.74, 6) is -8.32. The molecule has 0 aliphatic rings. The fourth-order valence-corrected chi connectivity index (χ4v) is 4.36. The highest BCUT2D eigenvalue weighted by Gasteiger charge is 2.25. The molecule has 5 rings (SSSR count). The van der Waals surface area contributed by atoms with Gasteiger partial charge < -0.3 is 4.74 Å². The zero-order valence-electron chi connectivity index (χ0n) is 17.8. The Morgan fingerprint density at radius 2 is 1.09 bits per heavy atom. The first-order valence-electron chi connectivity index (χ1n) is 10.2. The van der Waals surface area contributed by atoms with Crippen molar-refractivity contribution in [2.75, 3.05) is 7.11 Å². The fourth-order valence-electron chi connectivity index (χ4n) is 4.36. The molecule has 35 heavy (non-hydrogen) atoms. The maximum absolute atomic E-state index is 15.3. The topological polar surface area (TPSA) is 9.23 Å². The molecule has 8 heteroatoms. The Hall–Kier alpha value is -4.07. The molecule has 0 bridgehead atoms. The lowest BCUT2D eigenvalue weighted by molar-refractivity contribution is 0.407. The van der Waals surface area contributed by atoms with Crippen molar-refractivity contribution in [3.05, 3.63) is 101 Å². The maximum atomic E-state index is 15.3. The molecule has 0 aliphatic heterocycles. The third-order valence-electron chi connectivity index (χ3n) is 5.84. The molecule has 0 atom stereocenters. The van der Waals surface area contributed by atoms with Crippen molar-refractivity contribution in [2.24, 2.45) is 0 Å². The second-order valence-corrected chi connectivity index (χ2v) is 7.82. The third-order valence-corrected chi connectivity index (χ3v) is 5.84. The van der Waals surface area contributed by atoms with E-state index in [4.69, 9.17) is 4.74 Å². The molecule has 0 aliphatic carbocycles. The molecule has 0 spiro atoms. The van der Waals surface area contributed by atoms with E-state index in [-0.39, 0.29) is 44.0 Å². The van der Waals surface area contributed by atoms with E-state index in [1.165, 1.54) is 25.3 Å². The smallest absolute Gasteiger partial charge is 0.159 e. The van der Waals surface area contributed by atoms with Gasteiger partial charge in [-0.2, -0.15) is 0 Å². The van der Waals surface area contributed by atoms with Crippen LogP contribution in [-0.2, 0) is 0 Å². The zero-order chi connectivity index (χ0) is 25.0. The van der Waals surface area contributed by atoms with Gasteiger partial charge in [0.05, 0.1) is 12.7 Å². The van der Waals surface area contributed by atoms with Gasteiger partial charge in [-0.15, -0.1) is 0 Å². The minimum Gasteiger partial charge on any atom is -0.497 e. The predicted octanol–water partition coefficient (Wildman–Crippen LogP) is 8.31. The van der Waals surface area contributed by atoms with Crippen molar-refractivity contribution >= 4 is 21.5 Å². The average molecular weight is 486 g/mol. The second kappa shape index (κ2) is 8.30. The van der Waals surface area contributed by atoms with Gasteiger partial charge in [0.15, 0.2) is 23.3 Å². The van der Waals surface area contributed by atoms with Crippen molar-refractivity contribution in [1.82, 2.24) is 0 Å². The molecule has 1 nitrogen and oxygen atoms in total. The van der Waals surface area contributed by atoms with Crippen molar-refractivity contribution in [1.29, 1.82) is 0 Å². The standard InChI is InChI=1S/C27H13F7O/c1-35-13-8-22(33)27(23(34)9-13)26-16-11-21(32)20(31)10-15(16)24(12-5-6-17(28)19(30)7-12)14-3-2-4-18(29)25(14)26/h2-11H,1H3. The number of halogens is 7. The van der Waals surface area contributed by atoms with E-state index in [1.807, 2.05) is 0 Å². The van der Waals surface area contributed by atoms with Crippen LogP contribution < -0.4 is 4.74 Å². The Morgan fingerprint density at radius 1 is 0.486 bits per heavy atom. The summed E-state index contributed by atoms with van der Waals surface area (Å²) in [5, 5.41) is -0.602. The Morgan fingerprint density at radius 3 is 1.69 bits per heavy atom. The highest BCUT2D eigenvalue weighted by Crippen LogP contribution is 2.46. The second-order valence-electron chi connectivity index (χ2n) is 7.82. The molecule has 5 aromatic carbocycles. The minimum absolute atomic E-state index is 0.0257. The summed E-state index contributed by atoms with van der Waals surface area (Å²) in [6, 6.07) is 9.78. The predicted molar refractivity (Wildman–Crippen MR) is 119 cm³/mol. The van der Waals surface area contributed by atoms with Gasteiger partial charge in [0.1, 0.15) is 23.2 Å². The SMILES string of the molecule is COc1cc(F)c(-c2c3cc(F)c(F)cc3c(-c3ccc(F)c(F)c3)c3cccc(F)c23)c(F)c1. The van der Waals surface area contributed by atoms with E-state index >= 15 is 13.2 Å². The first kappa shape index (κ1) is 22.7. The molecule has 0 N–H and O–H groups in total. The molecule has 0 amide bonds. The van der Waals surface area contributed by atoms with E-state index in [0.29, 0.717) is 6.07 Å². The minimum atomic E-state index is -1.35. The lowest BCUT2D eigenvalue weighted by Crippen LogP contribution is -1.99. The van der Waals surface area contributed by atoms with Gasteiger partial charge in [-0.25, -0.2) is 30.7 Å². The van der Waals surface area contributed by atoms with Gasteiger partial charge in [0.25, 0.3) is 0 Å². The molecule has 176 valence electrons. The van der Waals surface area contributed by atoms with Crippen LogP contribution in [-0.4, -0.2) is 7.11 Å². The quantitative estimate of drug-likeness (QED) is 0.184. The number of ether oxygens (including phenoxy) is 1. The van der Waals surface area contributed by atoms with Crippen LogP contribution in [0.15, 0.2) is 60.7 Å². The first-order chi connectivity index (χ1) is 16.7. The Kier molecular flexibility index (Phi) is 5.39. The summed E-state index contributed by atoms with van der Waals surface area (Å²) < 4.78 is 107. The number of fused-ring (bicyclic) bond motifs is 2. The summed E-state index contributed by atoms with van der Waals surface area (Å²) >= 11 is 0. The van der Waals surface area contributed by atoms with E-state index in [1.54, 1.807) is 0 Å². The Bertz CT molecular complexity index is 1640. The summed E-state index contributed by atoms with van der Waals surface area (Å²) in [6.45, 7) is 0. The summed E-state index contributed by atoms with van der Waals surface area (Å²) in [5.41, 5.74) is -0.993. The van der Waals surface area contributed by atoms with Crippen LogP contribution in [0.3, 0.4) is 0 Å². The van der Waals surface area contributed by atoms with Crippen LogP contribution in [0.25, 0.3) is 43.8 Å². The fraction of sp³-hybridized carbons (Fsp3) is 0.0370. The number of hydrogen-bond acceptors (Lipinski definition) is 1. The normalized spacial score (nSPS) is 11.4. The van der Waals surface area contributed by atoms with Gasteiger partial charge in [-0.1, -0.05) is 18.2 Å². The molecule has 0 aromatic heterocycles. The lowest BCUT2D eigenvalue weighted by atomic mass is 9.85. The first-order valence-corrected chi connectivity index (χ1v) is 10.2. The molecular weight excluding hydrogens is 473 g/mol. The van der Waals surface area contributed by atoms with E-state index in [9.17, 15) is 17.6 Å². The van der Waals surface area contributed by atoms with Crippen LogP contribution in [0.2, 0.25) is 0 Å². The van der Waals surface area contributed by atoms with Crippen molar-refractivity contribution in [2.45, 2.75) is 0 Å². The van der Waals surface area contributed by atoms with Crippen LogP contribution >= 0.6 is 0 Å². The van der Waals surface area contributed by atoms with Crippen molar-refractivity contribution in [3.8, 4) is 28.0 Å².